The topological polar surface area (TPSA) is 89.0 Å². The molecule has 0 fully saturated rings. The number of amides is 1. The van der Waals surface area contributed by atoms with Crippen LogP contribution in [0.25, 0.3) is 0 Å². The lowest BCUT2D eigenvalue weighted by atomic mass is 10.2. The Morgan fingerprint density at radius 1 is 1.39 bits per heavy atom. The van der Waals surface area contributed by atoms with Crippen LogP contribution in [-0.2, 0) is 14.6 Å². The lowest BCUT2D eigenvalue weighted by molar-refractivity contribution is -0.117. The van der Waals surface area contributed by atoms with Gasteiger partial charge in [0.25, 0.3) is 0 Å². The van der Waals surface area contributed by atoms with E-state index in [1.54, 1.807) is 6.92 Å². The van der Waals surface area contributed by atoms with E-state index in [4.69, 9.17) is 11.6 Å². The minimum Gasteiger partial charge on any atom is -0.293 e. The fraction of sp³-hybridized carbons (Fsp3) is 0.500. The molecule has 0 bridgehead atoms. The molecular formula is C10H14ClN3O3S. The number of halogens is 1. The van der Waals surface area contributed by atoms with Crippen LogP contribution in [0.5, 0.6) is 0 Å². The SMILES string of the molecule is Cc1cc(Cl)nc(NC(=O)C(C)(C)S(C)(=O)=O)n1. The number of carbonyl (C=O) groups is 1. The molecule has 100 valence electrons. The van der Waals surface area contributed by atoms with Crippen molar-refractivity contribution in [1.29, 1.82) is 0 Å². The molecule has 0 saturated carbocycles. The number of hydrogen-bond donors (Lipinski definition) is 1. The maximum absolute atomic E-state index is 11.9. The van der Waals surface area contributed by atoms with Gasteiger partial charge in [-0.05, 0) is 26.8 Å². The second kappa shape index (κ2) is 4.81. The molecule has 0 aliphatic carbocycles. The van der Waals surface area contributed by atoms with Gasteiger partial charge in [0.1, 0.15) is 9.90 Å². The Balaban J connectivity index is 3.02. The summed E-state index contributed by atoms with van der Waals surface area (Å²) in [7, 11) is -3.54. The van der Waals surface area contributed by atoms with Crippen molar-refractivity contribution in [2.75, 3.05) is 11.6 Å². The van der Waals surface area contributed by atoms with E-state index in [1.807, 2.05) is 0 Å². The zero-order valence-electron chi connectivity index (χ0n) is 10.5. The lowest BCUT2D eigenvalue weighted by Crippen LogP contribution is -2.44. The number of nitrogens with one attached hydrogen (secondary N) is 1. The Labute approximate surface area is 111 Å². The number of nitrogens with zero attached hydrogens (tertiary/aromatic N) is 2. The summed E-state index contributed by atoms with van der Waals surface area (Å²) in [6.45, 7) is 4.31. The van der Waals surface area contributed by atoms with Gasteiger partial charge in [0, 0.05) is 11.9 Å². The van der Waals surface area contributed by atoms with Gasteiger partial charge >= 0.3 is 0 Å². The summed E-state index contributed by atoms with van der Waals surface area (Å²) in [5.74, 6) is -0.714. The quantitative estimate of drug-likeness (QED) is 0.845. The molecule has 0 saturated heterocycles. The van der Waals surface area contributed by atoms with Gasteiger partial charge in [-0.3, -0.25) is 10.1 Å². The van der Waals surface area contributed by atoms with Gasteiger partial charge in [0.05, 0.1) is 0 Å². The van der Waals surface area contributed by atoms with Crippen molar-refractivity contribution in [1.82, 2.24) is 9.97 Å². The number of aryl methyl sites for hydroxylation is 1. The van der Waals surface area contributed by atoms with Crippen molar-refractivity contribution in [2.24, 2.45) is 0 Å². The van der Waals surface area contributed by atoms with Crippen molar-refractivity contribution < 1.29 is 13.2 Å². The van der Waals surface area contributed by atoms with Crippen LogP contribution in [0.1, 0.15) is 19.5 Å². The van der Waals surface area contributed by atoms with Gasteiger partial charge < -0.3 is 0 Å². The number of sulfone groups is 1. The fourth-order valence-corrected chi connectivity index (χ4v) is 1.63. The lowest BCUT2D eigenvalue weighted by Gasteiger charge is -2.20. The molecule has 0 radical (unpaired) electrons. The van der Waals surface area contributed by atoms with Crippen LogP contribution in [0.4, 0.5) is 5.95 Å². The number of rotatable bonds is 3. The van der Waals surface area contributed by atoms with Gasteiger partial charge in [-0.15, -0.1) is 0 Å². The Hall–Kier alpha value is -1.21. The summed E-state index contributed by atoms with van der Waals surface area (Å²) in [4.78, 5) is 19.6. The van der Waals surface area contributed by atoms with Gasteiger partial charge in [-0.1, -0.05) is 11.6 Å². The standard InChI is InChI=1S/C10H14ClN3O3S/c1-6-5-7(11)13-9(12-6)14-8(15)10(2,3)18(4,16)17/h5H,1-4H3,(H,12,13,14,15). The van der Waals surface area contributed by atoms with E-state index in [0.29, 0.717) is 5.69 Å². The van der Waals surface area contributed by atoms with Crippen LogP contribution in [-0.4, -0.2) is 35.3 Å². The first-order valence-electron chi connectivity index (χ1n) is 5.06. The maximum atomic E-state index is 11.9. The second-order valence-corrected chi connectivity index (χ2v) is 7.34. The first-order chi connectivity index (χ1) is 8.04. The van der Waals surface area contributed by atoms with Crippen molar-refractivity contribution in [3.05, 3.63) is 16.9 Å². The monoisotopic (exact) mass is 291 g/mol. The molecule has 0 atom stereocenters. The number of carbonyl (C=O) groups excluding carboxylic acids is 1. The molecule has 8 heteroatoms. The average molecular weight is 292 g/mol. The summed E-state index contributed by atoms with van der Waals surface area (Å²) >= 11 is 5.72. The third kappa shape index (κ3) is 3.17. The normalized spacial score (nSPS) is 12.3. The highest BCUT2D eigenvalue weighted by Crippen LogP contribution is 2.18. The van der Waals surface area contributed by atoms with Crippen LogP contribution >= 0.6 is 11.6 Å². The molecule has 6 nitrogen and oxygen atoms in total. The van der Waals surface area contributed by atoms with Crippen LogP contribution in [0.15, 0.2) is 6.07 Å². The number of hydrogen-bond acceptors (Lipinski definition) is 5. The molecule has 1 N–H and O–H groups in total. The fourth-order valence-electron chi connectivity index (χ4n) is 1.01. The summed E-state index contributed by atoms with van der Waals surface area (Å²) in [5.41, 5.74) is 0.572. The van der Waals surface area contributed by atoms with Crippen LogP contribution < -0.4 is 5.32 Å². The zero-order valence-corrected chi connectivity index (χ0v) is 12.1. The average Bonchev–Trinajstić information content (AvgIpc) is 2.13. The Kier molecular flexibility index (Phi) is 3.97. The van der Waals surface area contributed by atoms with E-state index in [9.17, 15) is 13.2 Å². The minimum absolute atomic E-state index is 0.0123. The predicted octanol–water partition coefficient (Wildman–Crippen LogP) is 1.20. The highest BCUT2D eigenvalue weighted by molar-refractivity contribution is 7.92. The van der Waals surface area contributed by atoms with E-state index in [0.717, 1.165) is 6.26 Å². The molecule has 0 aliphatic rings. The van der Waals surface area contributed by atoms with Crippen LogP contribution in [0, 0.1) is 6.92 Å². The van der Waals surface area contributed by atoms with Crippen molar-refractivity contribution in [2.45, 2.75) is 25.5 Å². The van der Waals surface area contributed by atoms with E-state index < -0.39 is 20.5 Å². The Bertz CT molecular complexity index is 564. The largest absolute Gasteiger partial charge is 0.293 e. The van der Waals surface area contributed by atoms with Crippen LogP contribution in [0.3, 0.4) is 0 Å². The van der Waals surface area contributed by atoms with Crippen molar-refractivity contribution in [3.8, 4) is 0 Å². The molecule has 0 aromatic carbocycles. The summed E-state index contributed by atoms with van der Waals surface area (Å²) in [5, 5.41) is 2.52. The van der Waals surface area contributed by atoms with Crippen molar-refractivity contribution in [3.63, 3.8) is 0 Å². The summed E-state index contributed by atoms with van der Waals surface area (Å²) < 4.78 is 21.4. The van der Waals surface area contributed by atoms with E-state index in [1.165, 1.54) is 19.9 Å². The third-order valence-electron chi connectivity index (χ3n) is 2.52. The molecule has 1 amide bonds. The zero-order chi connectivity index (χ0) is 14.1. The van der Waals surface area contributed by atoms with Gasteiger partial charge in [0.2, 0.25) is 11.9 Å². The molecule has 0 unspecified atom stereocenters. The summed E-state index contributed by atoms with van der Waals surface area (Å²) in [6, 6.07) is 1.53. The van der Waals surface area contributed by atoms with E-state index >= 15 is 0 Å². The molecule has 0 spiro atoms. The third-order valence-corrected chi connectivity index (χ3v) is 4.76. The minimum atomic E-state index is -3.54. The number of aromatic nitrogens is 2. The molecule has 1 aromatic heterocycles. The smallest absolute Gasteiger partial charge is 0.247 e. The molecule has 1 aromatic rings. The van der Waals surface area contributed by atoms with Crippen molar-refractivity contribution >= 4 is 33.3 Å². The second-order valence-electron chi connectivity index (χ2n) is 4.39. The molecule has 18 heavy (non-hydrogen) atoms. The first kappa shape index (κ1) is 14.8. The highest BCUT2D eigenvalue weighted by Gasteiger charge is 2.38. The first-order valence-corrected chi connectivity index (χ1v) is 7.33. The maximum Gasteiger partial charge on any atom is 0.247 e. The van der Waals surface area contributed by atoms with E-state index in [2.05, 4.69) is 15.3 Å². The highest BCUT2D eigenvalue weighted by atomic mass is 35.5. The van der Waals surface area contributed by atoms with Crippen LogP contribution in [0.2, 0.25) is 5.15 Å². The molecular weight excluding hydrogens is 278 g/mol. The van der Waals surface area contributed by atoms with E-state index in [-0.39, 0.29) is 11.1 Å². The van der Waals surface area contributed by atoms with Gasteiger partial charge in [0.15, 0.2) is 9.84 Å². The number of anilines is 1. The van der Waals surface area contributed by atoms with Gasteiger partial charge in [-0.25, -0.2) is 18.4 Å². The predicted molar refractivity (Wildman–Crippen MR) is 69.3 cm³/mol. The molecule has 1 rings (SSSR count). The Morgan fingerprint density at radius 3 is 2.39 bits per heavy atom. The molecule has 0 aliphatic heterocycles. The Morgan fingerprint density at radius 2 is 1.94 bits per heavy atom. The summed E-state index contributed by atoms with van der Waals surface area (Å²) in [6.07, 6.45) is 0.997. The molecule has 1 heterocycles. The van der Waals surface area contributed by atoms with Gasteiger partial charge in [-0.2, -0.15) is 0 Å².